The van der Waals surface area contributed by atoms with Gasteiger partial charge in [-0.3, -0.25) is 0 Å². The van der Waals surface area contributed by atoms with E-state index in [1.165, 1.54) is 23.9 Å². The van der Waals surface area contributed by atoms with E-state index in [1.54, 1.807) is 0 Å². The van der Waals surface area contributed by atoms with Crippen LogP contribution in [0.1, 0.15) is 5.56 Å². The summed E-state index contributed by atoms with van der Waals surface area (Å²) in [7, 11) is 0. The molecule has 0 amide bonds. The van der Waals surface area contributed by atoms with Gasteiger partial charge in [0.05, 0.1) is 0 Å². The molecule has 9 heavy (non-hydrogen) atoms. The van der Waals surface area contributed by atoms with E-state index in [-0.39, 0.29) is 0 Å². The quantitative estimate of drug-likeness (QED) is 0.528. The summed E-state index contributed by atoms with van der Waals surface area (Å²) in [5, 5.41) is 0. The molecular weight excluding hydrogens is 161 g/mol. The molecule has 1 aromatic rings. The van der Waals surface area contributed by atoms with E-state index >= 15 is 0 Å². The average molecular weight is 173 g/mol. The molecule has 0 aliphatic carbocycles. The molecule has 0 heterocycles. The molecule has 0 nitrogen and oxygen atoms in total. The maximum absolute atomic E-state index is 2.12. The van der Waals surface area contributed by atoms with E-state index in [4.69, 9.17) is 0 Å². The van der Waals surface area contributed by atoms with E-state index in [0.717, 1.165) is 0 Å². The van der Waals surface area contributed by atoms with Crippen molar-refractivity contribution in [3.63, 3.8) is 0 Å². The molecule has 0 aliphatic heterocycles. The molecule has 0 aromatic heterocycles. The van der Waals surface area contributed by atoms with Crippen LogP contribution in [0.2, 0.25) is 5.52 Å². The summed E-state index contributed by atoms with van der Waals surface area (Å²) in [6, 6.07) is 10.3. The third-order valence-corrected chi connectivity index (χ3v) is 0.940. The first-order valence-corrected chi connectivity index (χ1v) is 6.08. The zero-order valence-electron chi connectivity index (χ0n) is 6.09. The predicted octanol–water partition coefficient (Wildman–Crippen LogP) is 2.58. The van der Waals surface area contributed by atoms with Crippen LogP contribution in [0.4, 0.5) is 0 Å². The molecule has 45 valence electrons. The second kappa shape index (κ2) is 5.97. The number of aryl methyl sites for hydroxylation is 1. The second-order valence-electron chi connectivity index (χ2n) is 1.65. The summed E-state index contributed by atoms with van der Waals surface area (Å²) < 4.78 is 0. The Morgan fingerprint density at radius 1 is 1.00 bits per heavy atom. The average Bonchev–Trinajstić information content (AvgIpc) is 1.94. The van der Waals surface area contributed by atoms with Crippen LogP contribution in [0.25, 0.3) is 0 Å². The molecule has 1 heteroatoms. The summed E-state index contributed by atoms with van der Waals surface area (Å²) in [6.07, 6.45) is 0. The molecule has 0 N–H and O–H groups in total. The number of benzene rings is 1. The Kier molecular flexibility index (Phi) is 5.87. The van der Waals surface area contributed by atoms with Crippen molar-refractivity contribution in [1.82, 2.24) is 0 Å². The fourth-order valence-electron chi connectivity index (χ4n) is 0.534. The van der Waals surface area contributed by atoms with Crippen LogP contribution < -0.4 is 0 Å². The van der Waals surface area contributed by atoms with E-state index < -0.39 is 0 Å². The fraction of sp³-hybridized carbons (Fsp3) is 0.250. The molecule has 1 aromatic carbocycles. The summed E-state index contributed by atoms with van der Waals surface area (Å²) in [6.45, 7) is 2.08. The zero-order chi connectivity index (χ0) is 7.11. The van der Waals surface area contributed by atoms with Crippen molar-refractivity contribution in [1.29, 1.82) is 0 Å². The zero-order valence-corrected chi connectivity index (χ0v) is 9.06. The van der Waals surface area contributed by atoms with Gasteiger partial charge in [-0.05, 0) is 6.92 Å². The molecular formula is C8H11Zn. The molecule has 0 bridgehead atoms. The molecule has 0 atom stereocenters. The second-order valence-corrected chi connectivity index (χ2v) is 1.65. The Hall–Kier alpha value is -0.157. The molecule has 0 saturated carbocycles. The Morgan fingerprint density at radius 3 is 1.67 bits per heavy atom. The van der Waals surface area contributed by atoms with Gasteiger partial charge in [0, 0.05) is 0 Å². The third-order valence-electron chi connectivity index (χ3n) is 0.940. The maximum atomic E-state index is 2.12. The Labute approximate surface area is 67.0 Å². The van der Waals surface area contributed by atoms with Crippen LogP contribution in [-0.4, -0.2) is 0 Å². The molecule has 0 saturated heterocycles. The number of hydrogen-bond donors (Lipinski definition) is 0. The molecule has 0 fully saturated rings. The number of rotatable bonds is 0. The van der Waals surface area contributed by atoms with Crippen molar-refractivity contribution in [2.24, 2.45) is 0 Å². The molecule has 0 radical (unpaired) electrons. The Bertz CT molecular complexity index is 134. The van der Waals surface area contributed by atoms with Gasteiger partial charge in [0.25, 0.3) is 0 Å². The van der Waals surface area contributed by atoms with Gasteiger partial charge in [-0.15, -0.1) is 0 Å². The first kappa shape index (κ1) is 8.84. The first-order chi connectivity index (χ1) is 4.39. The number of hydrogen-bond acceptors (Lipinski definition) is 0. The van der Waals surface area contributed by atoms with E-state index in [1.807, 2.05) is 18.2 Å². The van der Waals surface area contributed by atoms with Gasteiger partial charge in [0.15, 0.2) is 0 Å². The monoisotopic (exact) mass is 171 g/mol. The topological polar surface area (TPSA) is 0 Å². The van der Waals surface area contributed by atoms with Crippen molar-refractivity contribution in [2.45, 2.75) is 12.4 Å². The third kappa shape index (κ3) is 4.35. The SMILES string of the molecule is Cc1ccccc1.[CH3][Zn]. The van der Waals surface area contributed by atoms with Gasteiger partial charge in [-0.25, -0.2) is 0 Å². The van der Waals surface area contributed by atoms with E-state index in [2.05, 4.69) is 24.6 Å². The van der Waals surface area contributed by atoms with Crippen LogP contribution >= 0.6 is 0 Å². The normalized spacial score (nSPS) is 7.56. The van der Waals surface area contributed by atoms with Crippen LogP contribution in [0.5, 0.6) is 0 Å². The van der Waals surface area contributed by atoms with Crippen LogP contribution in [0, 0.1) is 6.92 Å². The molecule has 0 spiro atoms. The van der Waals surface area contributed by atoms with Gasteiger partial charge in [-0.2, -0.15) is 0 Å². The minimum absolute atomic E-state index is 1.32. The summed E-state index contributed by atoms with van der Waals surface area (Å²) in [4.78, 5) is 0. The van der Waals surface area contributed by atoms with Crippen molar-refractivity contribution in [3.05, 3.63) is 35.9 Å². The van der Waals surface area contributed by atoms with Crippen molar-refractivity contribution in [3.8, 4) is 0 Å². The van der Waals surface area contributed by atoms with E-state index in [0.29, 0.717) is 0 Å². The van der Waals surface area contributed by atoms with Crippen molar-refractivity contribution in [2.75, 3.05) is 0 Å². The Morgan fingerprint density at radius 2 is 1.44 bits per heavy atom. The standard InChI is InChI=1S/C7H8.CH3.Zn/c1-7-5-3-2-4-6-7;;/h2-6H,1H3;1H3;. The minimum atomic E-state index is 1.32. The van der Waals surface area contributed by atoms with Crippen LogP contribution in [-0.2, 0) is 18.3 Å². The fourth-order valence-corrected chi connectivity index (χ4v) is 0.534. The van der Waals surface area contributed by atoms with Gasteiger partial charge < -0.3 is 0 Å². The van der Waals surface area contributed by atoms with Crippen molar-refractivity contribution >= 4 is 0 Å². The van der Waals surface area contributed by atoms with Crippen LogP contribution in [0.15, 0.2) is 30.3 Å². The van der Waals surface area contributed by atoms with Gasteiger partial charge in [-0.1, -0.05) is 35.9 Å². The first-order valence-electron chi connectivity index (χ1n) is 3.12. The molecule has 1 rings (SSSR count). The van der Waals surface area contributed by atoms with Gasteiger partial charge in [0.2, 0.25) is 0 Å². The molecule has 0 aliphatic rings. The van der Waals surface area contributed by atoms with E-state index in [9.17, 15) is 0 Å². The van der Waals surface area contributed by atoms with Crippen LogP contribution in [0.3, 0.4) is 0 Å². The summed E-state index contributed by atoms with van der Waals surface area (Å²) in [5.41, 5.74) is 3.45. The van der Waals surface area contributed by atoms with Gasteiger partial charge in [0.1, 0.15) is 0 Å². The van der Waals surface area contributed by atoms with Gasteiger partial charge >= 0.3 is 23.8 Å². The Balaban J connectivity index is 0.000000291. The predicted molar refractivity (Wildman–Crippen MR) is 37.0 cm³/mol. The summed E-state index contributed by atoms with van der Waals surface area (Å²) in [5.74, 6) is 0. The molecule has 0 unspecified atom stereocenters. The summed E-state index contributed by atoms with van der Waals surface area (Å²) >= 11 is 1.38. The van der Waals surface area contributed by atoms with Crippen molar-refractivity contribution < 1.29 is 18.3 Å².